The van der Waals surface area contributed by atoms with E-state index in [1.54, 1.807) is 13.1 Å². The molecule has 0 spiro atoms. The molecule has 0 saturated heterocycles. The zero-order valence-electron chi connectivity index (χ0n) is 16.3. The minimum Gasteiger partial charge on any atom is -0.480 e. The second-order valence-electron chi connectivity index (χ2n) is 6.78. The number of aromatic nitrogens is 1. The minimum atomic E-state index is -0.713. The lowest BCUT2D eigenvalue weighted by Gasteiger charge is -2.18. The van der Waals surface area contributed by atoms with Gasteiger partial charge in [0.1, 0.15) is 11.3 Å². The van der Waals surface area contributed by atoms with Crippen molar-refractivity contribution in [3.63, 3.8) is 0 Å². The number of nitrogens with zero attached hydrogens (tertiary/aromatic N) is 1. The Labute approximate surface area is 163 Å². The molecule has 0 radical (unpaired) electrons. The van der Waals surface area contributed by atoms with Gasteiger partial charge < -0.3 is 14.5 Å². The van der Waals surface area contributed by atoms with Crippen LogP contribution in [0.4, 0.5) is 0 Å². The third-order valence-electron chi connectivity index (χ3n) is 4.40. The monoisotopic (exact) mass is 380 g/mol. The average Bonchev–Trinajstić information content (AvgIpc) is 2.66. The van der Waals surface area contributed by atoms with E-state index in [2.05, 4.69) is 10.3 Å². The summed E-state index contributed by atoms with van der Waals surface area (Å²) >= 11 is 0. The number of benzene rings is 1. The lowest BCUT2D eigenvalue weighted by molar-refractivity contribution is -0.127. The molecule has 0 aliphatic rings. The fraction of sp³-hybridized carbons (Fsp3) is 0.318. The molecule has 3 aromatic rings. The molecule has 3 rings (SSSR count). The van der Waals surface area contributed by atoms with Crippen molar-refractivity contribution < 1.29 is 13.9 Å². The van der Waals surface area contributed by atoms with Gasteiger partial charge >= 0.3 is 5.63 Å². The topological polar surface area (TPSA) is 81.4 Å². The van der Waals surface area contributed by atoms with Crippen LogP contribution < -0.4 is 15.7 Å². The summed E-state index contributed by atoms with van der Waals surface area (Å²) in [5.41, 5.74) is 2.63. The molecule has 1 amide bonds. The molecule has 28 heavy (non-hydrogen) atoms. The van der Waals surface area contributed by atoms with E-state index < -0.39 is 6.10 Å². The molecule has 0 saturated carbocycles. The van der Waals surface area contributed by atoms with Crippen molar-refractivity contribution in [3.8, 4) is 5.75 Å². The van der Waals surface area contributed by atoms with E-state index >= 15 is 0 Å². The van der Waals surface area contributed by atoms with Crippen LogP contribution in [-0.4, -0.2) is 17.0 Å². The van der Waals surface area contributed by atoms with Crippen LogP contribution in [0.5, 0.6) is 5.75 Å². The predicted octanol–water partition coefficient (Wildman–Crippen LogP) is 3.53. The van der Waals surface area contributed by atoms with Crippen molar-refractivity contribution in [1.29, 1.82) is 0 Å². The van der Waals surface area contributed by atoms with E-state index in [0.29, 0.717) is 17.9 Å². The van der Waals surface area contributed by atoms with Gasteiger partial charge in [0.25, 0.3) is 5.91 Å². The molecule has 0 bridgehead atoms. The Kier molecular flexibility index (Phi) is 6.09. The van der Waals surface area contributed by atoms with Crippen LogP contribution in [0.1, 0.15) is 37.1 Å². The highest BCUT2D eigenvalue weighted by Crippen LogP contribution is 2.31. The van der Waals surface area contributed by atoms with Crippen molar-refractivity contribution in [2.75, 3.05) is 0 Å². The number of rotatable bonds is 7. The summed E-state index contributed by atoms with van der Waals surface area (Å²) in [6.45, 7) is 5.96. The Morgan fingerprint density at radius 3 is 2.82 bits per heavy atom. The number of amides is 1. The zero-order valence-corrected chi connectivity index (χ0v) is 16.3. The first-order chi connectivity index (χ1) is 13.5. The van der Waals surface area contributed by atoms with E-state index in [1.165, 1.54) is 6.07 Å². The molecular weight excluding hydrogens is 356 g/mol. The number of pyridine rings is 1. The number of carbonyl (C=O) groups excluding carboxylic acids is 1. The molecule has 1 N–H and O–H groups in total. The van der Waals surface area contributed by atoms with Gasteiger partial charge in [0, 0.05) is 12.3 Å². The molecule has 0 fully saturated rings. The molecule has 0 aliphatic carbocycles. The first-order valence-corrected chi connectivity index (χ1v) is 9.39. The summed E-state index contributed by atoms with van der Waals surface area (Å²) in [4.78, 5) is 28.5. The molecule has 146 valence electrons. The standard InChI is InChI=1S/C22H24N2O4/c1-4-7-16-12-20(25)28-19-11-14(2)10-18(21(16)19)27-15(3)22(26)24-13-17-8-5-6-9-23-17/h5-6,8-12,15H,4,7,13H2,1-3H3,(H,24,26)/t15-/m1/s1. The maximum atomic E-state index is 12.5. The molecule has 1 aromatic carbocycles. The summed E-state index contributed by atoms with van der Waals surface area (Å²) in [7, 11) is 0. The van der Waals surface area contributed by atoms with Crippen molar-refractivity contribution >= 4 is 16.9 Å². The number of hydrogen-bond donors (Lipinski definition) is 1. The number of hydrogen-bond acceptors (Lipinski definition) is 5. The summed E-state index contributed by atoms with van der Waals surface area (Å²) in [5.74, 6) is 0.303. The summed E-state index contributed by atoms with van der Waals surface area (Å²) in [6.07, 6.45) is 2.58. The summed E-state index contributed by atoms with van der Waals surface area (Å²) < 4.78 is 11.4. The van der Waals surface area contributed by atoms with Gasteiger partial charge in [-0.3, -0.25) is 9.78 Å². The molecule has 1 atom stereocenters. The van der Waals surface area contributed by atoms with Crippen LogP contribution in [0.25, 0.3) is 11.0 Å². The Bertz CT molecular complexity index is 1030. The van der Waals surface area contributed by atoms with Gasteiger partial charge in [0.15, 0.2) is 6.10 Å². The summed E-state index contributed by atoms with van der Waals surface area (Å²) in [5, 5.41) is 3.58. The van der Waals surface area contributed by atoms with Gasteiger partial charge in [-0.1, -0.05) is 19.4 Å². The highest BCUT2D eigenvalue weighted by molar-refractivity contribution is 5.88. The third kappa shape index (κ3) is 4.57. The third-order valence-corrected chi connectivity index (χ3v) is 4.40. The van der Waals surface area contributed by atoms with Crippen LogP contribution in [0.2, 0.25) is 0 Å². The maximum absolute atomic E-state index is 12.5. The van der Waals surface area contributed by atoms with Crippen LogP contribution >= 0.6 is 0 Å². The lowest BCUT2D eigenvalue weighted by Crippen LogP contribution is -2.36. The van der Waals surface area contributed by atoms with Gasteiger partial charge in [-0.15, -0.1) is 0 Å². The lowest BCUT2D eigenvalue weighted by atomic mass is 10.0. The van der Waals surface area contributed by atoms with E-state index in [0.717, 1.165) is 35.0 Å². The smallest absolute Gasteiger partial charge is 0.336 e. The van der Waals surface area contributed by atoms with Gasteiger partial charge in [0.2, 0.25) is 0 Å². The molecular formula is C22H24N2O4. The Balaban J connectivity index is 1.84. The van der Waals surface area contributed by atoms with E-state index in [-0.39, 0.29) is 11.5 Å². The van der Waals surface area contributed by atoms with E-state index in [9.17, 15) is 9.59 Å². The largest absolute Gasteiger partial charge is 0.480 e. The molecule has 2 aromatic heterocycles. The van der Waals surface area contributed by atoms with Crippen LogP contribution in [0.3, 0.4) is 0 Å². The molecule has 0 aliphatic heterocycles. The second kappa shape index (κ2) is 8.69. The van der Waals surface area contributed by atoms with Crippen molar-refractivity contribution in [2.24, 2.45) is 0 Å². The molecule has 2 heterocycles. The van der Waals surface area contributed by atoms with Crippen molar-refractivity contribution in [3.05, 3.63) is 69.8 Å². The number of nitrogens with one attached hydrogen (secondary N) is 1. The van der Waals surface area contributed by atoms with Gasteiger partial charge in [-0.25, -0.2) is 4.79 Å². The second-order valence-corrected chi connectivity index (χ2v) is 6.78. The normalized spacial score (nSPS) is 12.0. The van der Waals surface area contributed by atoms with Crippen LogP contribution in [-0.2, 0) is 17.8 Å². The van der Waals surface area contributed by atoms with E-state index in [1.807, 2.05) is 44.2 Å². The average molecular weight is 380 g/mol. The number of fused-ring (bicyclic) bond motifs is 1. The number of ether oxygens (including phenoxy) is 1. The Hall–Kier alpha value is -3.15. The quantitative estimate of drug-likeness (QED) is 0.634. The van der Waals surface area contributed by atoms with E-state index in [4.69, 9.17) is 9.15 Å². The summed E-state index contributed by atoms with van der Waals surface area (Å²) in [6, 6.07) is 10.7. The molecule has 0 unspecified atom stereocenters. The SMILES string of the molecule is CCCc1cc(=O)oc2cc(C)cc(O[C@H](C)C(=O)NCc3ccccn3)c12. The Morgan fingerprint density at radius 2 is 2.11 bits per heavy atom. The first-order valence-electron chi connectivity index (χ1n) is 9.39. The Morgan fingerprint density at radius 1 is 1.29 bits per heavy atom. The zero-order chi connectivity index (χ0) is 20.1. The molecule has 6 heteroatoms. The predicted molar refractivity (Wildman–Crippen MR) is 107 cm³/mol. The highest BCUT2D eigenvalue weighted by atomic mass is 16.5. The van der Waals surface area contributed by atoms with Gasteiger partial charge in [-0.2, -0.15) is 0 Å². The van der Waals surface area contributed by atoms with Gasteiger partial charge in [0.05, 0.1) is 17.6 Å². The van der Waals surface area contributed by atoms with Crippen molar-refractivity contribution in [2.45, 2.75) is 46.3 Å². The minimum absolute atomic E-state index is 0.241. The molecule has 6 nitrogen and oxygen atoms in total. The van der Waals surface area contributed by atoms with Crippen LogP contribution in [0.15, 0.2) is 51.8 Å². The van der Waals surface area contributed by atoms with Crippen LogP contribution in [0, 0.1) is 6.92 Å². The number of carbonyl (C=O) groups is 1. The fourth-order valence-corrected chi connectivity index (χ4v) is 3.10. The highest BCUT2D eigenvalue weighted by Gasteiger charge is 2.19. The number of aryl methyl sites for hydroxylation is 2. The van der Waals surface area contributed by atoms with Gasteiger partial charge in [-0.05, 0) is 55.7 Å². The first kappa shape index (κ1) is 19.6. The fourth-order valence-electron chi connectivity index (χ4n) is 3.10. The van der Waals surface area contributed by atoms with Crippen molar-refractivity contribution in [1.82, 2.24) is 10.3 Å². The maximum Gasteiger partial charge on any atom is 0.336 e.